The topological polar surface area (TPSA) is 9.23 Å². The van der Waals surface area contributed by atoms with E-state index in [-0.39, 0.29) is 0 Å². The van der Waals surface area contributed by atoms with Crippen LogP contribution in [0.5, 0.6) is 5.75 Å². The van der Waals surface area contributed by atoms with E-state index in [4.69, 9.17) is 0 Å². The van der Waals surface area contributed by atoms with Gasteiger partial charge in [-0.05, 0) is 23.1 Å². The van der Waals surface area contributed by atoms with Gasteiger partial charge in [-0.25, -0.2) is 4.39 Å². The van der Waals surface area contributed by atoms with Crippen LogP contribution < -0.4 is 4.74 Å². The molecule has 0 heterocycles. The molecule has 1 aromatic rings. The van der Waals surface area contributed by atoms with Crippen molar-refractivity contribution in [1.82, 2.24) is 0 Å². The molecule has 0 atom stereocenters. The Balaban J connectivity index is 3.08. The lowest BCUT2D eigenvalue weighted by molar-refractivity contribution is -0.253. The van der Waals surface area contributed by atoms with Gasteiger partial charge in [-0.15, -0.1) is 0 Å². The predicted molar refractivity (Wildman–Crippen MR) is 56.7 cm³/mol. The van der Waals surface area contributed by atoms with Crippen LogP contribution in [0.25, 0.3) is 0 Å². The van der Waals surface area contributed by atoms with Crippen molar-refractivity contribution in [2.24, 2.45) is 0 Å². The standard InChI is InChI=1S/C12H13F5O/c1-11(2,3)7-4-8(13)6-9(5-7)18-12(16,17)10(14)15/h4-6,10H,1-3H3. The Bertz CT molecular complexity index is 423. The number of halogens is 5. The van der Waals surface area contributed by atoms with Crippen molar-refractivity contribution in [1.29, 1.82) is 0 Å². The molecule has 0 aliphatic rings. The summed E-state index contributed by atoms with van der Waals surface area (Å²) in [6.07, 6.45) is -8.61. The highest BCUT2D eigenvalue weighted by Gasteiger charge is 2.44. The highest BCUT2D eigenvalue weighted by molar-refractivity contribution is 5.33. The van der Waals surface area contributed by atoms with Gasteiger partial charge in [0.25, 0.3) is 0 Å². The normalized spacial score (nSPS) is 12.9. The van der Waals surface area contributed by atoms with Gasteiger partial charge in [0.15, 0.2) is 0 Å². The molecule has 102 valence electrons. The van der Waals surface area contributed by atoms with E-state index in [1.165, 1.54) is 0 Å². The monoisotopic (exact) mass is 268 g/mol. The largest absolute Gasteiger partial charge is 0.461 e. The second-order valence-corrected chi connectivity index (χ2v) is 4.89. The fourth-order valence-corrected chi connectivity index (χ4v) is 1.26. The SMILES string of the molecule is CC(C)(C)c1cc(F)cc(OC(F)(F)C(F)F)c1. The molecule has 0 radical (unpaired) electrons. The van der Waals surface area contributed by atoms with E-state index in [0.717, 1.165) is 12.1 Å². The highest BCUT2D eigenvalue weighted by atomic mass is 19.3. The molecule has 0 saturated heterocycles. The molecule has 1 nitrogen and oxygen atoms in total. The summed E-state index contributed by atoms with van der Waals surface area (Å²) in [6, 6.07) is 2.91. The zero-order valence-electron chi connectivity index (χ0n) is 10.1. The van der Waals surface area contributed by atoms with Crippen LogP contribution in [-0.2, 0) is 5.41 Å². The average molecular weight is 268 g/mol. The highest BCUT2D eigenvalue weighted by Crippen LogP contribution is 2.31. The fraction of sp³-hybridized carbons (Fsp3) is 0.500. The quantitative estimate of drug-likeness (QED) is 0.740. The van der Waals surface area contributed by atoms with Crippen molar-refractivity contribution in [3.05, 3.63) is 29.6 Å². The van der Waals surface area contributed by atoms with E-state index in [0.29, 0.717) is 11.6 Å². The first kappa shape index (κ1) is 14.7. The molecule has 0 aliphatic heterocycles. The molecule has 0 saturated carbocycles. The van der Waals surface area contributed by atoms with Gasteiger partial charge in [0.1, 0.15) is 11.6 Å². The minimum Gasteiger partial charge on any atom is -0.428 e. The van der Waals surface area contributed by atoms with Crippen molar-refractivity contribution in [2.45, 2.75) is 38.7 Å². The lowest BCUT2D eigenvalue weighted by atomic mass is 9.87. The van der Waals surface area contributed by atoms with Crippen LogP contribution in [0, 0.1) is 5.82 Å². The Morgan fingerprint density at radius 1 is 1.06 bits per heavy atom. The smallest absolute Gasteiger partial charge is 0.428 e. The van der Waals surface area contributed by atoms with Crippen molar-refractivity contribution in [2.75, 3.05) is 0 Å². The summed E-state index contributed by atoms with van der Waals surface area (Å²) >= 11 is 0. The van der Waals surface area contributed by atoms with Crippen LogP contribution in [0.3, 0.4) is 0 Å². The van der Waals surface area contributed by atoms with Gasteiger partial charge < -0.3 is 4.74 Å². The molecule has 0 aromatic heterocycles. The molecule has 0 amide bonds. The number of alkyl halides is 4. The molecule has 0 N–H and O–H groups in total. The van der Waals surface area contributed by atoms with Crippen molar-refractivity contribution in [3.8, 4) is 5.75 Å². The van der Waals surface area contributed by atoms with Crippen LogP contribution >= 0.6 is 0 Å². The maximum atomic E-state index is 13.2. The maximum Gasteiger partial charge on any atom is 0.461 e. The number of ether oxygens (including phenoxy) is 1. The molecular weight excluding hydrogens is 255 g/mol. The molecule has 1 rings (SSSR count). The fourth-order valence-electron chi connectivity index (χ4n) is 1.26. The molecule has 0 unspecified atom stereocenters. The van der Waals surface area contributed by atoms with Gasteiger partial charge in [-0.2, -0.15) is 17.6 Å². The van der Waals surface area contributed by atoms with E-state index in [1.54, 1.807) is 20.8 Å². The zero-order valence-corrected chi connectivity index (χ0v) is 10.1. The van der Waals surface area contributed by atoms with Crippen LogP contribution in [0.4, 0.5) is 22.0 Å². The van der Waals surface area contributed by atoms with Crippen LogP contribution in [-0.4, -0.2) is 12.5 Å². The summed E-state index contributed by atoms with van der Waals surface area (Å²) in [5, 5.41) is 0. The Kier molecular flexibility index (Phi) is 3.88. The molecule has 0 fully saturated rings. The van der Waals surface area contributed by atoms with Crippen LogP contribution in [0.15, 0.2) is 18.2 Å². The number of hydrogen-bond acceptors (Lipinski definition) is 1. The summed E-state index contributed by atoms with van der Waals surface area (Å²) in [5.41, 5.74) is -0.136. The third-order valence-corrected chi connectivity index (χ3v) is 2.25. The van der Waals surface area contributed by atoms with Gasteiger partial charge in [0, 0.05) is 6.07 Å². The third-order valence-electron chi connectivity index (χ3n) is 2.25. The number of benzene rings is 1. The molecule has 0 spiro atoms. The Morgan fingerprint density at radius 3 is 2.06 bits per heavy atom. The number of hydrogen-bond donors (Lipinski definition) is 0. The minimum atomic E-state index is -4.64. The summed E-state index contributed by atoms with van der Waals surface area (Å²) in [7, 11) is 0. The summed E-state index contributed by atoms with van der Waals surface area (Å²) in [5.74, 6) is -1.44. The molecule has 18 heavy (non-hydrogen) atoms. The van der Waals surface area contributed by atoms with Gasteiger partial charge in [-0.1, -0.05) is 20.8 Å². The van der Waals surface area contributed by atoms with E-state index >= 15 is 0 Å². The Morgan fingerprint density at radius 2 is 1.61 bits per heavy atom. The predicted octanol–water partition coefficient (Wildman–Crippen LogP) is 4.36. The molecule has 0 bridgehead atoms. The number of rotatable bonds is 3. The third kappa shape index (κ3) is 3.58. The van der Waals surface area contributed by atoms with E-state index in [2.05, 4.69) is 4.74 Å². The molecule has 6 heteroatoms. The van der Waals surface area contributed by atoms with Gasteiger partial charge in [0.05, 0.1) is 0 Å². The Hall–Kier alpha value is -1.33. The van der Waals surface area contributed by atoms with Crippen molar-refractivity contribution in [3.63, 3.8) is 0 Å². The van der Waals surface area contributed by atoms with Gasteiger partial charge >= 0.3 is 12.5 Å². The van der Waals surface area contributed by atoms with E-state index < -0.39 is 29.5 Å². The lowest BCUT2D eigenvalue weighted by Gasteiger charge is -2.22. The van der Waals surface area contributed by atoms with Crippen molar-refractivity contribution >= 4 is 0 Å². The van der Waals surface area contributed by atoms with E-state index in [9.17, 15) is 22.0 Å². The van der Waals surface area contributed by atoms with Crippen LogP contribution in [0.2, 0.25) is 0 Å². The molecule has 1 aromatic carbocycles. The van der Waals surface area contributed by atoms with Gasteiger partial charge in [-0.3, -0.25) is 0 Å². The first-order chi connectivity index (χ1) is 8.02. The first-order valence-electron chi connectivity index (χ1n) is 5.18. The van der Waals surface area contributed by atoms with Crippen molar-refractivity contribution < 1.29 is 26.7 Å². The van der Waals surface area contributed by atoms with Crippen LogP contribution in [0.1, 0.15) is 26.3 Å². The van der Waals surface area contributed by atoms with E-state index in [1.807, 2.05) is 0 Å². The average Bonchev–Trinajstić information content (AvgIpc) is 2.13. The summed E-state index contributed by atoms with van der Waals surface area (Å²) < 4.78 is 66.4. The first-order valence-corrected chi connectivity index (χ1v) is 5.18. The summed E-state index contributed by atoms with van der Waals surface area (Å²) in [4.78, 5) is 0. The zero-order chi connectivity index (χ0) is 14.1. The lowest BCUT2D eigenvalue weighted by Crippen LogP contribution is -2.33. The second-order valence-electron chi connectivity index (χ2n) is 4.89. The minimum absolute atomic E-state index is 0.377. The summed E-state index contributed by atoms with van der Waals surface area (Å²) in [6.45, 7) is 5.20. The van der Waals surface area contributed by atoms with Gasteiger partial charge in [0.2, 0.25) is 0 Å². The Labute approximate surface area is 102 Å². The molecule has 0 aliphatic carbocycles. The second kappa shape index (κ2) is 4.74. The molecular formula is C12H13F5O. The maximum absolute atomic E-state index is 13.2.